The number of thiophene rings is 1. The maximum atomic E-state index is 10.7. The van der Waals surface area contributed by atoms with E-state index >= 15 is 0 Å². The van der Waals surface area contributed by atoms with Crippen LogP contribution < -0.4 is 5.32 Å². The molecule has 0 aliphatic heterocycles. The fraction of sp³-hybridized carbons (Fsp3) is 0.0909. The van der Waals surface area contributed by atoms with E-state index in [0.717, 1.165) is 10.2 Å². The van der Waals surface area contributed by atoms with E-state index in [9.17, 15) is 10.1 Å². The molecule has 1 aromatic heterocycles. The lowest BCUT2D eigenvalue weighted by molar-refractivity contribution is -0.385. The first-order chi connectivity index (χ1) is 8.58. The van der Waals surface area contributed by atoms with Gasteiger partial charge in [0.1, 0.15) is 0 Å². The van der Waals surface area contributed by atoms with E-state index in [4.69, 9.17) is 0 Å². The van der Waals surface area contributed by atoms with Crippen molar-refractivity contribution >= 4 is 61.2 Å². The predicted octanol–water partition coefficient (Wildman–Crippen LogP) is 4.64. The Hall–Kier alpha value is -0.670. The average molecular weight is 439 g/mol. The normalized spacial score (nSPS) is 10.3. The summed E-state index contributed by atoms with van der Waals surface area (Å²) in [6.07, 6.45) is 0. The van der Waals surface area contributed by atoms with Gasteiger partial charge in [-0.15, -0.1) is 11.3 Å². The van der Waals surface area contributed by atoms with Gasteiger partial charge in [0.15, 0.2) is 0 Å². The predicted molar refractivity (Wildman–Crippen MR) is 85.2 cm³/mol. The molecule has 0 radical (unpaired) electrons. The molecule has 1 aromatic carbocycles. The number of nitrogens with one attached hydrogen (secondary N) is 1. The van der Waals surface area contributed by atoms with Crippen LogP contribution >= 0.6 is 49.9 Å². The monoisotopic (exact) mass is 438 g/mol. The first kappa shape index (κ1) is 13.8. The smallest absolute Gasteiger partial charge is 0.282 e. The quantitative estimate of drug-likeness (QED) is 0.430. The van der Waals surface area contributed by atoms with Crippen molar-refractivity contribution < 1.29 is 4.92 Å². The second-order valence-corrected chi connectivity index (χ2v) is 6.49. The maximum Gasteiger partial charge on any atom is 0.282 e. The van der Waals surface area contributed by atoms with E-state index in [1.807, 2.05) is 34.0 Å². The highest BCUT2D eigenvalue weighted by molar-refractivity contribution is 14.1. The molecule has 18 heavy (non-hydrogen) atoms. The number of anilines is 1. The van der Waals surface area contributed by atoms with Gasteiger partial charge in [0.05, 0.1) is 15.0 Å². The molecule has 1 N–H and O–H groups in total. The van der Waals surface area contributed by atoms with E-state index < -0.39 is 0 Å². The van der Waals surface area contributed by atoms with Crippen LogP contribution in [-0.4, -0.2) is 4.92 Å². The van der Waals surface area contributed by atoms with Gasteiger partial charge in [0, 0.05) is 21.1 Å². The Morgan fingerprint density at radius 2 is 2.22 bits per heavy atom. The first-order valence-corrected chi connectivity index (χ1v) is 7.73. The van der Waals surface area contributed by atoms with Crippen molar-refractivity contribution in [2.45, 2.75) is 6.54 Å². The lowest BCUT2D eigenvalue weighted by atomic mass is 10.3. The van der Waals surface area contributed by atoms with Gasteiger partial charge in [-0.3, -0.25) is 10.1 Å². The third-order valence-electron chi connectivity index (χ3n) is 2.29. The molecule has 0 spiro atoms. The lowest BCUT2D eigenvalue weighted by Crippen LogP contribution is -1.99. The number of nitro benzene ring substituents is 1. The summed E-state index contributed by atoms with van der Waals surface area (Å²) in [7, 11) is 0. The summed E-state index contributed by atoms with van der Waals surface area (Å²) >= 11 is 7.10. The Balaban J connectivity index is 2.09. The fourth-order valence-electron chi connectivity index (χ4n) is 1.40. The molecule has 94 valence electrons. The molecule has 0 amide bonds. The number of halogens is 2. The van der Waals surface area contributed by atoms with Gasteiger partial charge >= 0.3 is 0 Å². The van der Waals surface area contributed by atoms with Crippen LogP contribution in [0.4, 0.5) is 11.4 Å². The summed E-state index contributed by atoms with van der Waals surface area (Å²) < 4.78 is 1.71. The minimum atomic E-state index is -0.374. The summed E-state index contributed by atoms with van der Waals surface area (Å²) in [6, 6.07) is 7.02. The molecular weight excluding hydrogens is 431 g/mol. The highest BCUT2D eigenvalue weighted by atomic mass is 127. The largest absolute Gasteiger partial charge is 0.380 e. The summed E-state index contributed by atoms with van der Waals surface area (Å²) in [6.45, 7) is 0.701. The molecule has 1 heterocycles. The Labute approximate surface area is 130 Å². The van der Waals surface area contributed by atoms with Crippen LogP contribution in [0.15, 0.2) is 34.1 Å². The van der Waals surface area contributed by atoms with Crippen LogP contribution in [0.2, 0.25) is 0 Å². The van der Waals surface area contributed by atoms with Crippen molar-refractivity contribution in [2.75, 3.05) is 5.32 Å². The van der Waals surface area contributed by atoms with Crippen molar-refractivity contribution in [1.29, 1.82) is 0 Å². The molecule has 0 aliphatic carbocycles. The van der Waals surface area contributed by atoms with Gasteiger partial charge in [-0.1, -0.05) is 0 Å². The SMILES string of the molecule is O=[N+]([O-])c1ccc(NCc2sccc2Br)cc1I. The van der Waals surface area contributed by atoms with E-state index in [0.29, 0.717) is 10.1 Å². The lowest BCUT2D eigenvalue weighted by Gasteiger charge is -2.06. The summed E-state index contributed by atoms with van der Waals surface area (Å²) in [5.74, 6) is 0. The van der Waals surface area contributed by atoms with Crippen molar-refractivity contribution in [3.8, 4) is 0 Å². The van der Waals surface area contributed by atoms with E-state index in [1.54, 1.807) is 23.5 Å². The van der Waals surface area contributed by atoms with Gasteiger partial charge in [0.2, 0.25) is 0 Å². The zero-order valence-electron chi connectivity index (χ0n) is 9.02. The van der Waals surface area contributed by atoms with E-state index in [2.05, 4.69) is 21.2 Å². The van der Waals surface area contributed by atoms with E-state index in [1.165, 1.54) is 10.9 Å². The zero-order valence-corrected chi connectivity index (χ0v) is 13.6. The molecule has 0 aliphatic rings. The molecule has 0 bridgehead atoms. The van der Waals surface area contributed by atoms with Crippen LogP contribution in [0.25, 0.3) is 0 Å². The highest BCUT2D eigenvalue weighted by Crippen LogP contribution is 2.26. The Morgan fingerprint density at radius 1 is 1.44 bits per heavy atom. The number of nitro groups is 1. The second-order valence-electron chi connectivity index (χ2n) is 3.47. The number of nitrogens with zero attached hydrogens (tertiary/aromatic N) is 1. The van der Waals surface area contributed by atoms with E-state index in [-0.39, 0.29) is 10.6 Å². The van der Waals surface area contributed by atoms with Gasteiger partial charge in [-0.25, -0.2) is 0 Å². The van der Waals surface area contributed by atoms with Crippen LogP contribution in [0.3, 0.4) is 0 Å². The number of rotatable bonds is 4. The molecule has 0 saturated heterocycles. The van der Waals surface area contributed by atoms with Crippen LogP contribution in [0.5, 0.6) is 0 Å². The zero-order chi connectivity index (χ0) is 13.1. The van der Waals surface area contributed by atoms with Crippen LogP contribution in [0.1, 0.15) is 4.88 Å². The Kier molecular flexibility index (Phi) is 4.57. The topological polar surface area (TPSA) is 55.2 Å². The number of hydrogen-bond acceptors (Lipinski definition) is 4. The Bertz CT molecular complexity index is 588. The molecule has 4 nitrogen and oxygen atoms in total. The molecular formula is C11H8BrIN2O2S. The molecule has 0 saturated carbocycles. The summed E-state index contributed by atoms with van der Waals surface area (Å²) in [4.78, 5) is 11.5. The molecule has 7 heteroatoms. The second kappa shape index (κ2) is 5.98. The number of hydrogen-bond donors (Lipinski definition) is 1. The van der Waals surface area contributed by atoms with Crippen molar-refractivity contribution in [3.63, 3.8) is 0 Å². The van der Waals surface area contributed by atoms with Crippen molar-refractivity contribution in [3.05, 3.63) is 52.7 Å². The third-order valence-corrected chi connectivity index (χ3v) is 5.08. The first-order valence-electron chi connectivity index (χ1n) is 4.97. The molecule has 2 aromatic rings. The van der Waals surface area contributed by atoms with Crippen LogP contribution in [0, 0.1) is 13.7 Å². The minimum Gasteiger partial charge on any atom is -0.380 e. The average Bonchev–Trinajstić information content (AvgIpc) is 2.72. The Morgan fingerprint density at radius 3 is 2.78 bits per heavy atom. The molecule has 2 rings (SSSR count). The molecule has 0 atom stereocenters. The van der Waals surface area contributed by atoms with Gasteiger partial charge in [0.25, 0.3) is 5.69 Å². The summed E-state index contributed by atoms with van der Waals surface area (Å²) in [5, 5.41) is 16.0. The fourth-order valence-corrected chi connectivity index (χ4v) is 3.54. The van der Waals surface area contributed by atoms with Gasteiger partial charge in [-0.05, 0) is 62.1 Å². The van der Waals surface area contributed by atoms with Crippen molar-refractivity contribution in [2.24, 2.45) is 0 Å². The molecule has 0 fully saturated rings. The standard InChI is InChI=1S/C11H8BrIN2O2S/c12-8-3-4-18-11(8)6-14-7-1-2-10(15(16)17)9(13)5-7/h1-5,14H,6H2. The number of benzene rings is 1. The maximum absolute atomic E-state index is 10.7. The summed E-state index contributed by atoms with van der Waals surface area (Å²) in [5.41, 5.74) is 1.02. The van der Waals surface area contributed by atoms with Crippen LogP contribution in [-0.2, 0) is 6.54 Å². The van der Waals surface area contributed by atoms with Crippen molar-refractivity contribution in [1.82, 2.24) is 0 Å². The minimum absolute atomic E-state index is 0.137. The third kappa shape index (κ3) is 3.21. The van der Waals surface area contributed by atoms with Gasteiger partial charge in [-0.2, -0.15) is 0 Å². The highest BCUT2D eigenvalue weighted by Gasteiger charge is 2.11. The van der Waals surface area contributed by atoms with Gasteiger partial charge < -0.3 is 5.32 Å². The molecule has 0 unspecified atom stereocenters.